The summed E-state index contributed by atoms with van der Waals surface area (Å²) >= 11 is 0. The highest BCUT2D eigenvalue weighted by atomic mass is 14.8. The van der Waals surface area contributed by atoms with E-state index in [1.54, 1.807) is 0 Å². The molecule has 0 atom stereocenters. The molecule has 0 aliphatic heterocycles. The van der Waals surface area contributed by atoms with E-state index in [4.69, 9.17) is 0 Å². The lowest BCUT2D eigenvalue weighted by molar-refractivity contribution is 1.29. The minimum Gasteiger partial charge on any atom is -0.346 e. The van der Waals surface area contributed by atoms with E-state index in [2.05, 4.69) is 16.0 Å². The highest BCUT2D eigenvalue weighted by Gasteiger charge is 1.92. The zero-order valence-electron chi connectivity index (χ0n) is 5.76. The molecule has 0 spiro atoms. The van der Waals surface area contributed by atoms with Gasteiger partial charge < -0.3 is 4.98 Å². The third kappa shape index (κ3) is 0.692. The fourth-order valence-electron chi connectivity index (χ4n) is 1.05. The molecule has 2 heterocycles. The molecule has 10 heavy (non-hydrogen) atoms. The Bertz CT molecular complexity index is 354. The van der Waals surface area contributed by atoms with Gasteiger partial charge in [-0.15, -0.1) is 0 Å². The maximum absolute atomic E-state index is 4.19. The number of hydrogen-bond donors (Lipinski definition) is 1. The van der Waals surface area contributed by atoms with Crippen LogP contribution in [-0.4, -0.2) is 9.97 Å². The Kier molecular flexibility index (Phi) is 1.01. The number of aromatic nitrogens is 2. The predicted octanol–water partition coefficient (Wildman–Crippen LogP) is 2.12. The molecular weight excluding hydrogens is 124 g/mol. The quantitative estimate of drug-likeness (QED) is 0.587. The van der Waals surface area contributed by atoms with Crippen LogP contribution in [0.4, 0.5) is 0 Å². The second-order valence-electron chi connectivity index (χ2n) is 2.43. The summed E-state index contributed by atoms with van der Waals surface area (Å²) in [6.07, 6.45) is 3.76. The monoisotopic (exact) mass is 134 g/mol. The molecule has 0 aliphatic rings. The van der Waals surface area contributed by atoms with E-state index in [-0.39, 0.29) is 1.43 Å². The standard InChI is InChI=1S/C8H8N2.H2/c1-6-4-7-2-3-9-8(7)10-5-6;/h2-5H,1H3,(H,9,10);1H. The summed E-state index contributed by atoms with van der Waals surface area (Å²) < 4.78 is 0. The number of nitrogens with one attached hydrogen (secondary N) is 1. The van der Waals surface area contributed by atoms with Crippen molar-refractivity contribution in [3.05, 3.63) is 30.1 Å². The largest absolute Gasteiger partial charge is 0.346 e. The SMILES string of the molecule is Cc1cnc2[nH]ccc2c1.[HH]. The fourth-order valence-corrected chi connectivity index (χ4v) is 1.05. The van der Waals surface area contributed by atoms with Crippen molar-refractivity contribution in [3.8, 4) is 0 Å². The van der Waals surface area contributed by atoms with Gasteiger partial charge in [-0.1, -0.05) is 0 Å². The van der Waals surface area contributed by atoms with E-state index in [1.807, 2.05) is 25.4 Å². The molecule has 2 heteroatoms. The Morgan fingerprint density at radius 2 is 2.50 bits per heavy atom. The molecule has 2 aromatic heterocycles. The minimum absolute atomic E-state index is 0. The molecule has 0 bridgehead atoms. The van der Waals surface area contributed by atoms with E-state index in [9.17, 15) is 0 Å². The third-order valence-corrected chi connectivity index (χ3v) is 1.54. The molecule has 1 N–H and O–H groups in total. The summed E-state index contributed by atoms with van der Waals surface area (Å²) in [5.74, 6) is 0. The molecule has 0 aliphatic carbocycles. The van der Waals surface area contributed by atoms with Crippen LogP contribution in [0.3, 0.4) is 0 Å². The Balaban J connectivity index is 0.000000605. The topological polar surface area (TPSA) is 28.7 Å². The van der Waals surface area contributed by atoms with Gasteiger partial charge in [0.1, 0.15) is 5.65 Å². The number of aromatic amines is 1. The van der Waals surface area contributed by atoms with Crippen molar-refractivity contribution < 1.29 is 1.43 Å². The lowest BCUT2D eigenvalue weighted by atomic mass is 10.2. The van der Waals surface area contributed by atoms with Gasteiger partial charge in [0, 0.05) is 19.2 Å². The summed E-state index contributed by atoms with van der Waals surface area (Å²) in [6, 6.07) is 4.13. The molecule has 0 saturated heterocycles. The zero-order chi connectivity index (χ0) is 6.97. The fraction of sp³-hybridized carbons (Fsp3) is 0.125. The molecule has 0 unspecified atom stereocenters. The smallest absolute Gasteiger partial charge is 0.137 e. The third-order valence-electron chi connectivity index (χ3n) is 1.54. The van der Waals surface area contributed by atoms with E-state index in [0.29, 0.717) is 0 Å². The average molecular weight is 134 g/mol. The van der Waals surface area contributed by atoms with Gasteiger partial charge in [0.15, 0.2) is 0 Å². The first kappa shape index (κ1) is 5.47. The second kappa shape index (κ2) is 1.84. The molecule has 2 aromatic rings. The van der Waals surface area contributed by atoms with E-state index in [0.717, 1.165) is 5.65 Å². The van der Waals surface area contributed by atoms with Gasteiger partial charge in [-0.05, 0) is 24.6 Å². The molecule has 2 rings (SSSR count). The van der Waals surface area contributed by atoms with Crippen molar-refractivity contribution in [2.75, 3.05) is 0 Å². The highest BCUT2D eigenvalue weighted by molar-refractivity contribution is 5.75. The second-order valence-corrected chi connectivity index (χ2v) is 2.43. The number of H-pyrrole nitrogens is 1. The Labute approximate surface area is 60.4 Å². The van der Waals surface area contributed by atoms with Gasteiger partial charge in [0.2, 0.25) is 0 Å². The van der Waals surface area contributed by atoms with Gasteiger partial charge >= 0.3 is 0 Å². The molecule has 0 amide bonds. The van der Waals surface area contributed by atoms with E-state index >= 15 is 0 Å². The van der Waals surface area contributed by atoms with Gasteiger partial charge in [-0.25, -0.2) is 4.98 Å². The first-order valence-electron chi connectivity index (χ1n) is 3.26. The first-order valence-corrected chi connectivity index (χ1v) is 3.26. The molecule has 52 valence electrons. The molecule has 2 nitrogen and oxygen atoms in total. The molecular formula is C8H10N2. The van der Waals surface area contributed by atoms with Crippen molar-refractivity contribution in [1.82, 2.24) is 9.97 Å². The Morgan fingerprint density at radius 3 is 3.40 bits per heavy atom. The Hall–Kier alpha value is -1.31. The van der Waals surface area contributed by atoms with Crippen LogP contribution in [0.2, 0.25) is 0 Å². The van der Waals surface area contributed by atoms with Crippen LogP contribution in [-0.2, 0) is 0 Å². The molecule has 0 fully saturated rings. The van der Waals surface area contributed by atoms with Crippen molar-refractivity contribution in [3.63, 3.8) is 0 Å². The summed E-state index contributed by atoms with van der Waals surface area (Å²) in [5.41, 5.74) is 2.16. The van der Waals surface area contributed by atoms with Gasteiger partial charge in [0.05, 0.1) is 0 Å². The number of hydrogen-bond acceptors (Lipinski definition) is 1. The number of pyridine rings is 1. The maximum Gasteiger partial charge on any atom is 0.137 e. The van der Waals surface area contributed by atoms with Gasteiger partial charge in [-0.3, -0.25) is 0 Å². The maximum atomic E-state index is 4.19. The van der Waals surface area contributed by atoms with Crippen LogP contribution in [0.15, 0.2) is 24.5 Å². The van der Waals surface area contributed by atoms with Crippen LogP contribution in [0.25, 0.3) is 11.0 Å². The van der Waals surface area contributed by atoms with Crippen molar-refractivity contribution >= 4 is 11.0 Å². The van der Waals surface area contributed by atoms with Crippen LogP contribution >= 0.6 is 0 Å². The molecule has 0 saturated carbocycles. The van der Waals surface area contributed by atoms with Crippen molar-refractivity contribution in [2.45, 2.75) is 6.92 Å². The molecule has 0 radical (unpaired) electrons. The number of aryl methyl sites for hydroxylation is 1. The number of fused-ring (bicyclic) bond motifs is 1. The van der Waals surface area contributed by atoms with Gasteiger partial charge in [0.25, 0.3) is 0 Å². The summed E-state index contributed by atoms with van der Waals surface area (Å²) in [4.78, 5) is 7.22. The van der Waals surface area contributed by atoms with Crippen molar-refractivity contribution in [1.29, 1.82) is 0 Å². The van der Waals surface area contributed by atoms with Crippen LogP contribution in [0.5, 0.6) is 0 Å². The summed E-state index contributed by atoms with van der Waals surface area (Å²) in [7, 11) is 0. The van der Waals surface area contributed by atoms with E-state index < -0.39 is 0 Å². The normalized spacial score (nSPS) is 10.5. The zero-order valence-corrected chi connectivity index (χ0v) is 5.76. The number of rotatable bonds is 0. The Morgan fingerprint density at radius 1 is 1.60 bits per heavy atom. The minimum atomic E-state index is 0. The van der Waals surface area contributed by atoms with Crippen LogP contribution in [0, 0.1) is 6.92 Å². The lowest BCUT2D eigenvalue weighted by Crippen LogP contribution is -1.76. The van der Waals surface area contributed by atoms with Gasteiger partial charge in [-0.2, -0.15) is 0 Å². The summed E-state index contributed by atoms with van der Waals surface area (Å²) in [6.45, 7) is 2.04. The summed E-state index contributed by atoms with van der Waals surface area (Å²) in [5, 5.41) is 1.18. The average Bonchev–Trinajstić information content (AvgIpc) is 2.33. The predicted molar refractivity (Wildman–Crippen MR) is 42.9 cm³/mol. The van der Waals surface area contributed by atoms with Crippen LogP contribution < -0.4 is 0 Å². The highest BCUT2D eigenvalue weighted by Crippen LogP contribution is 2.09. The number of nitrogens with zero attached hydrogens (tertiary/aromatic N) is 1. The van der Waals surface area contributed by atoms with Crippen molar-refractivity contribution in [2.24, 2.45) is 0 Å². The van der Waals surface area contributed by atoms with E-state index in [1.165, 1.54) is 10.9 Å². The first-order chi connectivity index (χ1) is 4.86. The van der Waals surface area contributed by atoms with Crippen LogP contribution in [0.1, 0.15) is 6.99 Å². The lowest BCUT2D eigenvalue weighted by Gasteiger charge is -1.89. The molecule has 0 aromatic carbocycles.